The van der Waals surface area contributed by atoms with Gasteiger partial charge in [0.1, 0.15) is 0 Å². The minimum atomic E-state index is -0.940. The van der Waals surface area contributed by atoms with Crippen molar-refractivity contribution in [3.05, 3.63) is 36.7 Å². The fraction of sp³-hybridized carbons (Fsp3) is 0.474. The molecule has 7 heteroatoms. The molecule has 1 amide bonds. The maximum atomic E-state index is 13.1. The third-order valence-electron chi connectivity index (χ3n) is 5.33. The fourth-order valence-corrected chi connectivity index (χ4v) is 3.81. The molecule has 0 unspecified atom stereocenters. The molecule has 1 fully saturated rings. The van der Waals surface area contributed by atoms with Gasteiger partial charge in [-0.15, -0.1) is 5.10 Å². The van der Waals surface area contributed by atoms with Gasteiger partial charge in [-0.05, 0) is 43.9 Å². The highest BCUT2D eigenvalue weighted by Crippen LogP contribution is 2.42. The number of aromatic nitrogens is 3. The molecule has 0 spiro atoms. The Kier molecular flexibility index (Phi) is 5.35. The molecule has 2 N–H and O–H groups in total. The average molecular weight is 356 g/mol. The highest BCUT2D eigenvalue weighted by atomic mass is 16.4. The molecule has 138 valence electrons. The van der Waals surface area contributed by atoms with Gasteiger partial charge in [0.15, 0.2) is 0 Å². The van der Waals surface area contributed by atoms with E-state index in [4.69, 9.17) is 0 Å². The van der Waals surface area contributed by atoms with Gasteiger partial charge in [-0.3, -0.25) is 9.59 Å². The van der Waals surface area contributed by atoms with E-state index in [1.54, 1.807) is 36.1 Å². The van der Waals surface area contributed by atoms with Gasteiger partial charge < -0.3 is 10.4 Å². The minimum Gasteiger partial charge on any atom is -0.481 e. The number of rotatable bonds is 6. The number of nitrogens with zero attached hydrogens (tertiary/aromatic N) is 3. The number of amides is 1. The number of aliphatic carboxylic acids is 1. The third-order valence-corrected chi connectivity index (χ3v) is 5.33. The number of hydrogen-bond acceptors (Lipinski definition) is 4. The molecule has 7 nitrogen and oxygen atoms in total. The van der Waals surface area contributed by atoms with Crippen molar-refractivity contribution in [2.75, 3.05) is 5.32 Å². The summed E-state index contributed by atoms with van der Waals surface area (Å²) in [5.41, 5.74) is 0.475. The summed E-state index contributed by atoms with van der Waals surface area (Å²) in [7, 11) is 0. The van der Waals surface area contributed by atoms with Crippen molar-refractivity contribution < 1.29 is 14.7 Å². The van der Waals surface area contributed by atoms with Gasteiger partial charge in [0.2, 0.25) is 5.91 Å². The molecule has 1 saturated carbocycles. The van der Waals surface area contributed by atoms with Crippen molar-refractivity contribution in [2.24, 2.45) is 11.3 Å². The first-order chi connectivity index (χ1) is 12.5. The fourth-order valence-electron chi connectivity index (χ4n) is 3.81. The van der Waals surface area contributed by atoms with Crippen LogP contribution in [0.5, 0.6) is 0 Å². The monoisotopic (exact) mass is 356 g/mol. The van der Waals surface area contributed by atoms with Crippen LogP contribution in [-0.4, -0.2) is 32.0 Å². The zero-order valence-electron chi connectivity index (χ0n) is 14.9. The van der Waals surface area contributed by atoms with E-state index < -0.39 is 11.4 Å². The Morgan fingerprint density at radius 2 is 2.08 bits per heavy atom. The van der Waals surface area contributed by atoms with Crippen molar-refractivity contribution in [3.8, 4) is 5.69 Å². The summed E-state index contributed by atoms with van der Waals surface area (Å²) in [5.74, 6) is -1.09. The summed E-state index contributed by atoms with van der Waals surface area (Å²) in [6.45, 7) is 1.79. The molecule has 0 saturated heterocycles. The van der Waals surface area contributed by atoms with Gasteiger partial charge in [-0.1, -0.05) is 30.5 Å². The lowest BCUT2D eigenvalue weighted by molar-refractivity contribution is -0.145. The predicted octanol–water partition coefficient (Wildman–Crippen LogP) is 3.27. The third kappa shape index (κ3) is 3.92. The Bertz CT molecular complexity index is 769. The van der Waals surface area contributed by atoms with Crippen LogP contribution in [0.2, 0.25) is 0 Å². The number of carbonyl (C=O) groups is 2. The number of carboxylic acid groups (broad SMARTS) is 1. The molecular weight excluding hydrogens is 332 g/mol. The van der Waals surface area contributed by atoms with E-state index in [1.165, 1.54) is 0 Å². The van der Waals surface area contributed by atoms with E-state index >= 15 is 0 Å². The highest BCUT2D eigenvalue weighted by molar-refractivity contribution is 5.97. The lowest BCUT2D eigenvalue weighted by Crippen LogP contribution is -2.42. The normalized spacial score (nSPS) is 17.4. The lowest BCUT2D eigenvalue weighted by atomic mass is 9.67. The summed E-state index contributed by atoms with van der Waals surface area (Å²) in [6.07, 6.45) is 8.19. The van der Waals surface area contributed by atoms with E-state index in [1.807, 2.05) is 12.1 Å². The van der Waals surface area contributed by atoms with Gasteiger partial charge in [0, 0.05) is 5.69 Å². The van der Waals surface area contributed by atoms with Crippen LogP contribution in [0.25, 0.3) is 5.69 Å². The zero-order valence-corrected chi connectivity index (χ0v) is 14.9. The van der Waals surface area contributed by atoms with Crippen molar-refractivity contribution in [2.45, 2.75) is 45.4 Å². The standard InChI is InChI=1S/C19H24N4O3/c1-19(13-17(24)25,14-6-3-2-4-7-14)18(26)21-15-8-5-9-16(12-15)23-11-10-20-22-23/h5,8-12,14H,2-4,6-7,13H2,1H3,(H,21,26)(H,24,25)/t19-/m0/s1. The molecule has 0 bridgehead atoms. The second-order valence-electron chi connectivity index (χ2n) is 7.17. The maximum absolute atomic E-state index is 13.1. The molecule has 1 heterocycles. The van der Waals surface area contributed by atoms with Crippen molar-refractivity contribution in [1.82, 2.24) is 15.0 Å². The number of nitrogens with one attached hydrogen (secondary N) is 1. The Labute approximate surface area is 152 Å². The van der Waals surface area contributed by atoms with E-state index in [0.29, 0.717) is 5.69 Å². The maximum Gasteiger partial charge on any atom is 0.304 e. The quantitative estimate of drug-likeness (QED) is 0.828. The van der Waals surface area contributed by atoms with Gasteiger partial charge in [0.25, 0.3) is 0 Å². The molecule has 1 aliphatic carbocycles. The number of benzene rings is 1. The van der Waals surface area contributed by atoms with Gasteiger partial charge in [-0.25, -0.2) is 4.68 Å². The highest BCUT2D eigenvalue weighted by Gasteiger charge is 2.43. The second kappa shape index (κ2) is 7.68. The number of carbonyl (C=O) groups excluding carboxylic acids is 1. The van der Waals surface area contributed by atoms with Gasteiger partial charge >= 0.3 is 5.97 Å². The molecule has 26 heavy (non-hydrogen) atoms. The van der Waals surface area contributed by atoms with E-state index in [0.717, 1.165) is 37.8 Å². The lowest BCUT2D eigenvalue weighted by Gasteiger charge is -2.37. The topological polar surface area (TPSA) is 97.1 Å². The molecule has 1 atom stereocenters. The molecule has 2 aromatic rings. The van der Waals surface area contributed by atoms with Crippen LogP contribution in [0, 0.1) is 11.3 Å². The van der Waals surface area contributed by atoms with Crippen LogP contribution in [-0.2, 0) is 9.59 Å². The first-order valence-electron chi connectivity index (χ1n) is 8.99. The zero-order chi connectivity index (χ0) is 18.6. The second-order valence-corrected chi connectivity index (χ2v) is 7.17. The number of carboxylic acids is 1. The average Bonchev–Trinajstić information content (AvgIpc) is 3.17. The SMILES string of the molecule is C[C@@](CC(=O)O)(C(=O)Nc1cccc(-n2ccnn2)c1)C1CCCCC1. The Hall–Kier alpha value is -2.70. The van der Waals surface area contributed by atoms with Crippen LogP contribution in [0.1, 0.15) is 45.4 Å². The van der Waals surface area contributed by atoms with Crippen molar-refractivity contribution in [3.63, 3.8) is 0 Å². The Morgan fingerprint density at radius 3 is 2.73 bits per heavy atom. The smallest absolute Gasteiger partial charge is 0.304 e. The predicted molar refractivity (Wildman–Crippen MR) is 96.9 cm³/mol. The van der Waals surface area contributed by atoms with E-state index in [-0.39, 0.29) is 18.2 Å². The summed E-state index contributed by atoms with van der Waals surface area (Å²) < 4.78 is 1.60. The summed E-state index contributed by atoms with van der Waals surface area (Å²) in [4.78, 5) is 24.5. The largest absolute Gasteiger partial charge is 0.481 e. The Balaban J connectivity index is 1.81. The molecule has 1 aromatic carbocycles. The minimum absolute atomic E-state index is 0.0887. The van der Waals surface area contributed by atoms with Crippen LogP contribution in [0.4, 0.5) is 5.69 Å². The van der Waals surface area contributed by atoms with E-state index in [9.17, 15) is 14.7 Å². The molecule has 0 aliphatic heterocycles. The molecule has 1 aromatic heterocycles. The van der Waals surface area contributed by atoms with Crippen molar-refractivity contribution >= 4 is 17.6 Å². The number of anilines is 1. The van der Waals surface area contributed by atoms with Gasteiger partial charge in [0.05, 0.1) is 29.9 Å². The first-order valence-corrected chi connectivity index (χ1v) is 8.99. The van der Waals surface area contributed by atoms with Crippen LogP contribution < -0.4 is 5.32 Å². The van der Waals surface area contributed by atoms with Crippen LogP contribution >= 0.6 is 0 Å². The summed E-state index contributed by atoms with van der Waals surface area (Å²) in [5, 5.41) is 20.0. The first kappa shape index (κ1) is 18.1. The molecule has 3 rings (SSSR count). The summed E-state index contributed by atoms with van der Waals surface area (Å²) >= 11 is 0. The van der Waals surface area contributed by atoms with Crippen LogP contribution in [0.3, 0.4) is 0 Å². The number of hydrogen-bond donors (Lipinski definition) is 2. The van der Waals surface area contributed by atoms with E-state index in [2.05, 4.69) is 15.6 Å². The van der Waals surface area contributed by atoms with Gasteiger partial charge in [-0.2, -0.15) is 0 Å². The molecule has 1 aliphatic rings. The molecular formula is C19H24N4O3. The van der Waals surface area contributed by atoms with Crippen LogP contribution in [0.15, 0.2) is 36.7 Å². The van der Waals surface area contributed by atoms with Crippen molar-refractivity contribution in [1.29, 1.82) is 0 Å². The Morgan fingerprint density at radius 1 is 1.31 bits per heavy atom. The summed E-state index contributed by atoms with van der Waals surface area (Å²) in [6, 6.07) is 7.28. The molecule has 0 radical (unpaired) electrons.